The van der Waals surface area contributed by atoms with Crippen molar-refractivity contribution in [3.05, 3.63) is 53.5 Å². The van der Waals surface area contributed by atoms with E-state index in [0.29, 0.717) is 25.3 Å². The van der Waals surface area contributed by atoms with E-state index in [1.54, 1.807) is 23.3 Å². The second-order valence-corrected chi connectivity index (χ2v) is 6.08. The molecule has 1 fully saturated rings. The Kier molecular flexibility index (Phi) is 4.55. The molecular weight excluding hydrogens is 306 g/mol. The number of carbonyl (C=O) groups excluding carboxylic acids is 2. The zero-order chi connectivity index (χ0) is 17.1. The highest BCUT2D eigenvalue weighted by atomic mass is 16.3. The first-order valence-corrected chi connectivity index (χ1v) is 7.97. The monoisotopic (exact) mass is 327 g/mol. The van der Waals surface area contributed by atoms with Crippen LogP contribution >= 0.6 is 0 Å². The molecule has 0 radical (unpaired) electrons. The lowest BCUT2D eigenvalue weighted by Gasteiger charge is -2.18. The van der Waals surface area contributed by atoms with Crippen molar-refractivity contribution >= 4 is 17.6 Å². The summed E-state index contributed by atoms with van der Waals surface area (Å²) in [5, 5.41) is 5.57. The molecule has 6 heteroatoms. The summed E-state index contributed by atoms with van der Waals surface area (Å²) in [4.78, 5) is 25.9. The van der Waals surface area contributed by atoms with Gasteiger partial charge in [-0.15, -0.1) is 0 Å². The average molecular weight is 327 g/mol. The molecule has 0 saturated carbocycles. The maximum atomic E-state index is 12.2. The molecule has 1 unspecified atom stereocenters. The van der Waals surface area contributed by atoms with E-state index in [1.807, 2.05) is 32.0 Å². The van der Waals surface area contributed by atoms with Gasteiger partial charge in [0.05, 0.1) is 18.8 Å². The van der Waals surface area contributed by atoms with Gasteiger partial charge in [0.15, 0.2) is 0 Å². The van der Waals surface area contributed by atoms with Gasteiger partial charge in [0.25, 0.3) is 0 Å². The van der Waals surface area contributed by atoms with E-state index in [4.69, 9.17) is 4.42 Å². The minimum atomic E-state index is -0.300. The molecule has 1 aromatic carbocycles. The van der Waals surface area contributed by atoms with Crippen molar-refractivity contribution in [2.45, 2.75) is 32.9 Å². The fourth-order valence-corrected chi connectivity index (χ4v) is 2.76. The summed E-state index contributed by atoms with van der Waals surface area (Å²) in [6.07, 6.45) is 1.87. The van der Waals surface area contributed by atoms with Crippen molar-refractivity contribution in [1.29, 1.82) is 0 Å². The molecule has 126 valence electrons. The molecule has 2 aromatic rings. The van der Waals surface area contributed by atoms with Gasteiger partial charge in [0.2, 0.25) is 5.91 Å². The molecule has 3 rings (SSSR count). The summed E-state index contributed by atoms with van der Waals surface area (Å²) < 4.78 is 5.16. The molecule has 2 N–H and O–H groups in total. The molecular formula is C18H21N3O3. The van der Waals surface area contributed by atoms with Crippen LogP contribution in [0.1, 0.15) is 23.3 Å². The molecule has 3 amide bonds. The van der Waals surface area contributed by atoms with Gasteiger partial charge in [-0.25, -0.2) is 4.79 Å². The number of urea groups is 1. The summed E-state index contributed by atoms with van der Waals surface area (Å²) in [5.74, 6) is 0.707. The Morgan fingerprint density at radius 3 is 2.83 bits per heavy atom. The Bertz CT molecular complexity index is 740. The van der Waals surface area contributed by atoms with Gasteiger partial charge >= 0.3 is 6.03 Å². The average Bonchev–Trinajstić information content (AvgIpc) is 3.18. The van der Waals surface area contributed by atoms with E-state index >= 15 is 0 Å². The third kappa shape index (κ3) is 3.59. The Labute approximate surface area is 140 Å². The topological polar surface area (TPSA) is 74.6 Å². The number of rotatable bonds is 4. The number of hydrogen-bond donors (Lipinski definition) is 2. The van der Waals surface area contributed by atoms with E-state index < -0.39 is 0 Å². The molecule has 0 spiro atoms. The van der Waals surface area contributed by atoms with Gasteiger partial charge in [-0.1, -0.05) is 6.07 Å². The minimum absolute atomic E-state index is 0.0228. The predicted octanol–water partition coefficient (Wildman–Crippen LogP) is 2.50. The lowest BCUT2D eigenvalue weighted by atomic mass is 10.1. The van der Waals surface area contributed by atoms with Crippen molar-refractivity contribution < 1.29 is 14.0 Å². The Balaban J connectivity index is 1.56. The van der Waals surface area contributed by atoms with Crippen LogP contribution < -0.4 is 15.5 Å². The molecule has 1 aromatic heterocycles. The smallest absolute Gasteiger partial charge is 0.315 e. The number of hydrogen-bond acceptors (Lipinski definition) is 3. The van der Waals surface area contributed by atoms with Crippen LogP contribution in [-0.2, 0) is 11.3 Å². The first-order valence-electron chi connectivity index (χ1n) is 7.97. The van der Waals surface area contributed by atoms with Crippen LogP contribution in [0.4, 0.5) is 10.5 Å². The van der Waals surface area contributed by atoms with E-state index in [0.717, 1.165) is 11.3 Å². The van der Waals surface area contributed by atoms with Crippen molar-refractivity contribution in [3.8, 4) is 0 Å². The molecule has 6 nitrogen and oxygen atoms in total. The maximum absolute atomic E-state index is 12.2. The molecule has 1 aliphatic rings. The highest BCUT2D eigenvalue weighted by Gasteiger charge is 2.31. The fraction of sp³-hybridized carbons (Fsp3) is 0.333. The second kappa shape index (κ2) is 6.78. The standard InChI is InChI=1S/C18H21N3O3/c1-12-5-6-15(8-13(12)2)21-11-14(9-17(21)22)20-18(23)19-10-16-4-3-7-24-16/h3-8,14H,9-11H2,1-2H3,(H2,19,20,23). The summed E-state index contributed by atoms with van der Waals surface area (Å²) in [6, 6.07) is 9.02. The molecule has 1 atom stereocenters. The first-order chi connectivity index (χ1) is 11.5. The van der Waals surface area contributed by atoms with Crippen LogP contribution in [-0.4, -0.2) is 24.5 Å². The van der Waals surface area contributed by atoms with Gasteiger partial charge in [0.1, 0.15) is 5.76 Å². The lowest BCUT2D eigenvalue weighted by molar-refractivity contribution is -0.117. The zero-order valence-electron chi connectivity index (χ0n) is 13.8. The van der Waals surface area contributed by atoms with Gasteiger partial charge in [0, 0.05) is 18.7 Å². The quantitative estimate of drug-likeness (QED) is 0.906. The third-order valence-corrected chi connectivity index (χ3v) is 4.27. The van der Waals surface area contributed by atoms with Crippen LogP contribution in [0.25, 0.3) is 0 Å². The minimum Gasteiger partial charge on any atom is -0.467 e. The third-order valence-electron chi connectivity index (χ3n) is 4.27. The summed E-state index contributed by atoms with van der Waals surface area (Å²) >= 11 is 0. The Morgan fingerprint density at radius 1 is 1.29 bits per heavy atom. The lowest BCUT2D eigenvalue weighted by Crippen LogP contribution is -2.43. The van der Waals surface area contributed by atoms with Crippen molar-refractivity contribution in [1.82, 2.24) is 10.6 Å². The van der Waals surface area contributed by atoms with Crippen LogP contribution in [0.2, 0.25) is 0 Å². The highest BCUT2D eigenvalue weighted by molar-refractivity contribution is 5.96. The van der Waals surface area contributed by atoms with E-state index in [9.17, 15) is 9.59 Å². The number of benzene rings is 1. The van der Waals surface area contributed by atoms with Gasteiger partial charge in [-0.3, -0.25) is 4.79 Å². The van der Waals surface area contributed by atoms with Gasteiger partial charge in [-0.2, -0.15) is 0 Å². The van der Waals surface area contributed by atoms with Crippen LogP contribution in [0, 0.1) is 13.8 Å². The van der Waals surface area contributed by atoms with E-state index in [2.05, 4.69) is 10.6 Å². The molecule has 1 saturated heterocycles. The fourth-order valence-electron chi connectivity index (χ4n) is 2.76. The molecule has 1 aliphatic heterocycles. The number of anilines is 1. The van der Waals surface area contributed by atoms with Crippen LogP contribution in [0.5, 0.6) is 0 Å². The van der Waals surface area contributed by atoms with E-state index in [1.165, 1.54) is 5.56 Å². The van der Waals surface area contributed by atoms with Gasteiger partial charge in [-0.05, 0) is 49.2 Å². The number of nitrogens with one attached hydrogen (secondary N) is 2. The number of aryl methyl sites for hydroxylation is 2. The van der Waals surface area contributed by atoms with Crippen molar-refractivity contribution in [2.24, 2.45) is 0 Å². The molecule has 2 heterocycles. The summed E-state index contributed by atoms with van der Waals surface area (Å²) in [6.45, 7) is 4.87. The Hall–Kier alpha value is -2.76. The second-order valence-electron chi connectivity index (χ2n) is 6.08. The largest absolute Gasteiger partial charge is 0.467 e. The Morgan fingerprint density at radius 2 is 2.12 bits per heavy atom. The van der Waals surface area contributed by atoms with Crippen molar-refractivity contribution in [2.75, 3.05) is 11.4 Å². The van der Waals surface area contributed by atoms with E-state index in [-0.39, 0.29) is 18.0 Å². The normalized spacial score (nSPS) is 17.2. The first kappa shape index (κ1) is 16.1. The van der Waals surface area contributed by atoms with Crippen LogP contribution in [0.15, 0.2) is 41.0 Å². The van der Waals surface area contributed by atoms with Crippen molar-refractivity contribution in [3.63, 3.8) is 0 Å². The summed E-state index contributed by atoms with van der Waals surface area (Å²) in [7, 11) is 0. The maximum Gasteiger partial charge on any atom is 0.315 e. The molecule has 0 aliphatic carbocycles. The number of amides is 3. The SMILES string of the molecule is Cc1ccc(N2CC(NC(=O)NCc3ccco3)CC2=O)cc1C. The van der Waals surface area contributed by atoms with Crippen LogP contribution in [0.3, 0.4) is 0 Å². The molecule has 0 bridgehead atoms. The number of furan rings is 1. The molecule has 24 heavy (non-hydrogen) atoms. The zero-order valence-corrected chi connectivity index (χ0v) is 13.8. The van der Waals surface area contributed by atoms with Gasteiger partial charge < -0.3 is 20.0 Å². The number of carbonyl (C=O) groups is 2. The predicted molar refractivity (Wildman–Crippen MR) is 90.8 cm³/mol. The highest BCUT2D eigenvalue weighted by Crippen LogP contribution is 2.24. The summed E-state index contributed by atoms with van der Waals surface area (Å²) in [5.41, 5.74) is 3.22. The number of nitrogens with zero attached hydrogens (tertiary/aromatic N) is 1.